The molecule has 0 spiro atoms. The fourth-order valence-electron chi connectivity index (χ4n) is 2.70. The van der Waals surface area contributed by atoms with Crippen molar-refractivity contribution in [1.82, 2.24) is 4.31 Å². The van der Waals surface area contributed by atoms with Gasteiger partial charge in [-0.3, -0.25) is 0 Å². The second-order valence-electron chi connectivity index (χ2n) is 5.22. The number of rotatable bonds is 3. The molecule has 0 aromatic heterocycles. The van der Waals surface area contributed by atoms with Gasteiger partial charge in [-0.2, -0.15) is 4.31 Å². The first kappa shape index (κ1) is 14.6. The minimum absolute atomic E-state index is 0.315. The van der Waals surface area contributed by atoms with Crippen LogP contribution in [0.25, 0.3) is 0 Å². The Kier molecular flexibility index (Phi) is 3.78. The summed E-state index contributed by atoms with van der Waals surface area (Å²) in [5.41, 5.74) is 3.75. The zero-order valence-electron chi connectivity index (χ0n) is 11.7. The largest absolute Gasteiger partial charge is 0.243 e. The minimum atomic E-state index is -3.49. The van der Waals surface area contributed by atoms with Crippen molar-refractivity contribution >= 4 is 21.6 Å². The lowest BCUT2D eigenvalue weighted by molar-refractivity contribution is 0.431. The predicted octanol–water partition coefficient (Wildman–Crippen LogP) is 3.44. The summed E-state index contributed by atoms with van der Waals surface area (Å²) in [4.78, 5) is 0.355. The van der Waals surface area contributed by atoms with Crippen LogP contribution in [-0.4, -0.2) is 12.7 Å². The van der Waals surface area contributed by atoms with Gasteiger partial charge >= 0.3 is 0 Å². The quantitative estimate of drug-likeness (QED) is 0.812. The molecular formula is C16H16ClNO2S. The van der Waals surface area contributed by atoms with Crippen LogP contribution in [0.15, 0.2) is 47.4 Å². The second kappa shape index (κ2) is 5.44. The molecule has 21 heavy (non-hydrogen) atoms. The summed E-state index contributed by atoms with van der Waals surface area (Å²) < 4.78 is 27.3. The van der Waals surface area contributed by atoms with Crippen molar-refractivity contribution in [3.05, 3.63) is 64.7 Å². The van der Waals surface area contributed by atoms with Gasteiger partial charge in [-0.25, -0.2) is 8.42 Å². The van der Waals surface area contributed by atoms with E-state index in [1.165, 1.54) is 4.31 Å². The molecule has 0 aliphatic carbocycles. The molecule has 0 radical (unpaired) electrons. The van der Waals surface area contributed by atoms with E-state index in [0.29, 0.717) is 23.9 Å². The van der Waals surface area contributed by atoms with Gasteiger partial charge in [0.1, 0.15) is 0 Å². The van der Waals surface area contributed by atoms with E-state index in [1.54, 1.807) is 12.1 Å². The van der Waals surface area contributed by atoms with Crippen molar-refractivity contribution in [2.75, 3.05) is 0 Å². The standard InChI is InChI=1S/C16H16ClNO2S/c1-12-13(9-17)7-4-8-16(12)21(19,20)18-10-14-5-2-3-6-15(14)11-18/h2-8H,9-11H2,1H3. The third-order valence-corrected chi connectivity index (χ3v) is 6.19. The fourth-order valence-corrected chi connectivity index (χ4v) is 4.65. The first-order valence-electron chi connectivity index (χ1n) is 6.75. The number of hydrogen-bond acceptors (Lipinski definition) is 2. The van der Waals surface area contributed by atoms with Gasteiger partial charge in [0.15, 0.2) is 0 Å². The van der Waals surface area contributed by atoms with Crippen molar-refractivity contribution in [1.29, 1.82) is 0 Å². The number of sulfonamides is 1. The molecule has 110 valence electrons. The van der Waals surface area contributed by atoms with Gasteiger partial charge in [0.05, 0.1) is 4.90 Å². The topological polar surface area (TPSA) is 37.4 Å². The SMILES string of the molecule is Cc1c(CCl)cccc1S(=O)(=O)N1Cc2ccccc2C1. The normalized spacial score (nSPS) is 15.1. The second-order valence-corrected chi connectivity index (χ2v) is 7.39. The highest BCUT2D eigenvalue weighted by Crippen LogP contribution is 2.30. The summed E-state index contributed by atoms with van der Waals surface area (Å²) >= 11 is 5.88. The average Bonchev–Trinajstić information content (AvgIpc) is 2.92. The lowest BCUT2D eigenvalue weighted by atomic mass is 10.1. The highest BCUT2D eigenvalue weighted by molar-refractivity contribution is 7.89. The minimum Gasteiger partial charge on any atom is -0.207 e. The van der Waals surface area contributed by atoms with Crippen LogP contribution in [-0.2, 0) is 29.0 Å². The Bertz CT molecular complexity index is 762. The highest BCUT2D eigenvalue weighted by Gasteiger charge is 2.31. The molecule has 5 heteroatoms. The van der Waals surface area contributed by atoms with Crippen LogP contribution in [0, 0.1) is 6.92 Å². The Morgan fingerprint density at radius 1 is 1.05 bits per heavy atom. The third kappa shape index (κ3) is 2.48. The number of alkyl halides is 1. The van der Waals surface area contributed by atoms with E-state index in [9.17, 15) is 8.42 Å². The van der Waals surface area contributed by atoms with E-state index in [1.807, 2.05) is 37.3 Å². The average molecular weight is 322 g/mol. The Balaban J connectivity index is 2.00. The van der Waals surface area contributed by atoms with Gasteiger partial charge in [0.2, 0.25) is 10.0 Å². The summed E-state index contributed by atoms with van der Waals surface area (Å²) in [5.74, 6) is 0.315. The summed E-state index contributed by atoms with van der Waals surface area (Å²) in [6.07, 6.45) is 0. The smallest absolute Gasteiger partial charge is 0.207 e. The van der Waals surface area contributed by atoms with E-state index in [0.717, 1.165) is 22.3 Å². The molecule has 0 bridgehead atoms. The molecule has 0 saturated heterocycles. The van der Waals surface area contributed by atoms with E-state index < -0.39 is 10.0 Å². The summed E-state index contributed by atoms with van der Waals surface area (Å²) in [6, 6.07) is 13.1. The van der Waals surface area contributed by atoms with Gasteiger partial charge in [0, 0.05) is 19.0 Å². The fraction of sp³-hybridized carbons (Fsp3) is 0.250. The van der Waals surface area contributed by atoms with Gasteiger partial charge in [-0.05, 0) is 35.2 Å². The maximum atomic E-state index is 12.9. The monoisotopic (exact) mass is 321 g/mol. The number of halogens is 1. The highest BCUT2D eigenvalue weighted by atomic mass is 35.5. The van der Waals surface area contributed by atoms with Crippen LogP contribution in [0.3, 0.4) is 0 Å². The maximum Gasteiger partial charge on any atom is 0.243 e. The molecule has 1 aliphatic rings. The van der Waals surface area contributed by atoms with Crippen LogP contribution < -0.4 is 0 Å². The number of nitrogens with zero attached hydrogens (tertiary/aromatic N) is 1. The van der Waals surface area contributed by atoms with E-state index in [-0.39, 0.29) is 0 Å². The van der Waals surface area contributed by atoms with E-state index in [2.05, 4.69) is 0 Å². The van der Waals surface area contributed by atoms with Gasteiger partial charge in [0.25, 0.3) is 0 Å². The molecule has 0 fully saturated rings. The summed E-state index contributed by atoms with van der Waals surface area (Å²) in [7, 11) is -3.49. The van der Waals surface area contributed by atoms with Crippen molar-refractivity contribution in [3.63, 3.8) is 0 Å². The van der Waals surface area contributed by atoms with Crippen LogP contribution in [0.2, 0.25) is 0 Å². The molecular weight excluding hydrogens is 306 g/mol. The Labute approximate surface area is 130 Å². The van der Waals surface area contributed by atoms with Crippen LogP contribution in [0.1, 0.15) is 22.3 Å². The predicted molar refractivity (Wildman–Crippen MR) is 83.6 cm³/mol. The molecule has 3 nitrogen and oxygen atoms in total. The first-order chi connectivity index (χ1) is 10.0. The van der Waals surface area contributed by atoms with Crippen LogP contribution in [0.4, 0.5) is 0 Å². The van der Waals surface area contributed by atoms with E-state index in [4.69, 9.17) is 11.6 Å². The molecule has 2 aromatic carbocycles. The van der Waals surface area contributed by atoms with Crippen LogP contribution >= 0.6 is 11.6 Å². The van der Waals surface area contributed by atoms with Gasteiger partial charge in [-0.1, -0.05) is 36.4 Å². The summed E-state index contributed by atoms with van der Waals surface area (Å²) in [6.45, 7) is 2.68. The molecule has 0 unspecified atom stereocenters. The maximum absolute atomic E-state index is 12.9. The van der Waals surface area contributed by atoms with Crippen molar-refractivity contribution in [2.45, 2.75) is 30.8 Å². The summed E-state index contributed by atoms with van der Waals surface area (Å²) in [5, 5.41) is 0. The number of hydrogen-bond donors (Lipinski definition) is 0. The lowest BCUT2D eigenvalue weighted by Gasteiger charge is -2.18. The molecule has 2 aromatic rings. The molecule has 3 rings (SSSR count). The van der Waals surface area contributed by atoms with Gasteiger partial charge in [-0.15, -0.1) is 11.6 Å². The van der Waals surface area contributed by atoms with E-state index >= 15 is 0 Å². The molecule has 0 amide bonds. The lowest BCUT2D eigenvalue weighted by Crippen LogP contribution is -2.26. The van der Waals surface area contributed by atoms with Crippen molar-refractivity contribution < 1.29 is 8.42 Å². The van der Waals surface area contributed by atoms with Gasteiger partial charge < -0.3 is 0 Å². The van der Waals surface area contributed by atoms with Crippen LogP contribution in [0.5, 0.6) is 0 Å². The first-order valence-corrected chi connectivity index (χ1v) is 8.73. The zero-order chi connectivity index (χ0) is 15.0. The molecule has 0 atom stereocenters. The molecule has 1 aliphatic heterocycles. The third-order valence-electron chi connectivity index (χ3n) is 3.97. The Hall–Kier alpha value is -1.36. The molecule has 0 N–H and O–H groups in total. The molecule has 0 saturated carbocycles. The number of fused-ring (bicyclic) bond motifs is 1. The number of benzene rings is 2. The van der Waals surface area contributed by atoms with Crippen molar-refractivity contribution in [2.24, 2.45) is 0 Å². The zero-order valence-corrected chi connectivity index (χ0v) is 13.3. The molecule has 1 heterocycles. The Morgan fingerprint density at radius 2 is 1.67 bits per heavy atom. The van der Waals surface area contributed by atoms with Crippen molar-refractivity contribution in [3.8, 4) is 0 Å². The Morgan fingerprint density at radius 3 is 2.24 bits per heavy atom.